The molecule has 5 nitrogen and oxygen atoms in total. The number of hydrogen-bond acceptors (Lipinski definition) is 3. The summed E-state index contributed by atoms with van der Waals surface area (Å²) in [6.07, 6.45) is 6.16. The Morgan fingerprint density at radius 3 is 2.74 bits per heavy atom. The molecule has 0 N–H and O–H groups in total. The first kappa shape index (κ1) is 19.4. The molecule has 1 amide bonds. The molecule has 0 bridgehead atoms. The molecule has 3 rings (SSSR count). The minimum atomic E-state index is -0.0207. The molecule has 1 atom stereocenters. The Hall–Kier alpha value is -2.40. The first-order valence-corrected chi connectivity index (χ1v) is 9.74. The molecular weight excluding hydrogens is 338 g/mol. The summed E-state index contributed by atoms with van der Waals surface area (Å²) in [5, 5.41) is 11.1. The Bertz CT molecular complexity index is 760. The van der Waals surface area contributed by atoms with Gasteiger partial charge in [-0.15, -0.1) is 0 Å². The molecule has 1 aromatic carbocycles. The molecule has 0 saturated carbocycles. The van der Waals surface area contributed by atoms with Crippen LogP contribution >= 0.6 is 0 Å². The average molecular weight is 367 g/mol. The summed E-state index contributed by atoms with van der Waals surface area (Å²) in [6.45, 7) is 6.18. The minimum Gasteiger partial charge on any atom is -0.619 e. The van der Waals surface area contributed by atoms with E-state index >= 15 is 0 Å². The van der Waals surface area contributed by atoms with E-state index in [0.717, 1.165) is 39.0 Å². The van der Waals surface area contributed by atoms with Gasteiger partial charge in [-0.05, 0) is 49.8 Å². The van der Waals surface area contributed by atoms with Crippen molar-refractivity contribution < 1.29 is 9.52 Å². The summed E-state index contributed by atoms with van der Waals surface area (Å²) < 4.78 is 0.699. The summed E-state index contributed by atoms with van der Waals surface area (Å²) in [6, 6.07) is 11.8. The molecule has 2 heterocycles. The highest BCUT2D eigenvalue weighted by Crippen LogP contribution is 2.19. The largest absolute Gasteiger partial charge is 0.619 e. The second-order valence-corrected chi connectivity index (χ2v) is 7.62. The van der Waals surface area contributed by atoms with Crippen LogP contribution in [0.15, 0.2) is 48.8 Å². The van der Waals surface area contributed by atoms with Crippen molar-refractivity contribution in [3.63, 3.8) is 0 Å². The molecule has 27 heavy (non-hydrogen) atoms. The number of benzene rings is 1. The molecule has 1 unspecified atom stereocenters. The van der Waals surface area contributed by atoms with E-state index in [1.807, 2.05) is 7.05 Å². The first-order valence-electron chi connectivity index (χ1n) is 9.74. The van der Waals surface area contributed by atoms with Gasteiger partial charge in [0.25, 0.3) is 5.91 Å². The van der Waals surface area contributed by atoms with Crippen molar-refractivity contribution >= 4 is 5.91 Å². The van der Waals surface area contributed by atoms with Crippen LogP contribution in [0.4, 0.5) is 0 Å². The third kappa shape index (κ3) is 5.30. The number of likely N-dealkylation sites (tertiary alicyclic amines) is 1. The SMILES string of the molecule is Cc1ccccc1CCN1CCCC(CN(C)C(=O)c2cc[n+]([O-])cc2)C1. The summed E-state index contributed by atoms with van der Waals surface area (Å²) >= 11 is 0. The number of aryl methyl sites for hydroxylation is 1. The zero-order valence-corrected chi connectivity index (χ0v) is 16.3. The lowest BCUT2D eigenvalue weighted by Crippen LogP contribution is -2.42. The Labute approximate surface area is 161 Å². The zero-order chi connectivity index (χ0) is 19.2. The van der Waals surface area contributed by atoms with Crippen molar-refractivity contribution in [2.45, 2.75) is 26.2 Å². The van der Waals surface area contributed by atoms with E-state index in [2.05, 4.69) is 36.1 Å². The minimum absolute atomic E-state index is 0.0207. The summed E-state index contributed by atoms with van der Waals surface area (Å²) in [7, 11) is 1.85. The van der Waals surface area contributed by atoms with E-state index in [4.69, 9.17) is 0 Å². The standard InChI is InChI=1S/C22H29N3O2/c1-18-6-3-4-8-20(18)9-13-24-12-5-7-19(17-24)16-23(2)22(26)21-10-14-25(27)15-11-21/h3-4,6,8,10-11,14-15,19H,5,7,9,12-13,16-17H2,1-2H3. The lowest BCUT2D eigenvalue weighted by molar-refractivity contribution is -0.605. The van der Waals surface area contributed by atoms with Gasteiger partial charge in [0, 0.05) is 38.8 Å². The van der Waals surface area contributed by atoms with Gasteiger partial charge < -0.3 is 15.0 Å². The van der Waals surface area contributed by atoms with E-state index in [-0.39, 0.29) is 5.91 Å². The fourth-order valence-corrected chi connectivity index (χ4v) is 3.92. The first-order chi connectivity index (χ1) is 13.0. The Kier molecular flexibility index (Phi) is 6.45. The number of carbonyl (C=O) groups is 1. The van der Waals surface area contributed by atoms with Crippen molar-refractivity contribution in [1.29, 1.82) is 0 Å². The fourth-order valence-electron chi connectivity index (χ4n) is 3.92. The molecule has 5 heteroatoms. The number of amides is 1. The van der Waals surface area contributed by atoms with E-state index in [9.17, 15) is 10.0 Å². The molecule has 144 valence electrons. The monoisotopic (exact) mass is 367 g/mol. The topological polar surface area (TPSA) is 50.5 Å². The predicted molar refractivity (Wildman–Crippen MR) is 106 cm³/mol. The van der Waals surface area contributed by atoms with E-state index in [0.29, 0.717) is 16.2 Å². The van der Waals surface area contributed by atoms with Crippen molar-refractivity contribution in [1.82, 2.24) is 9.80 Å². The molecule has 1 aliphatic rings. The van der Waals surface area contributed by atoms with Gasteiger partial charge in [-0.2, -0.15) is 4.73 Å². The maximum atomic E-state index is 12.6. The number of aromatic nitrogens is 1. The molecule has 1 aliphatic heterocycles. The summed E-state index contributed by atoms with van der Waals surface area (Å²) in [5.74, 6) is 0.477. The number of hydrogen-bond donors (Lipinski definition) is 0. The van der Waals surface area contributed by atoms with Gasteiger partial charge >= 0.3 is 0 Å². The third-order valence-corrected chi connectivity index (χ3v) is 5.49. The quantitative estimate of drug-likeness (QED) is 0.583. The Morgan fingerprint density at radius 1 is 1.26 bits per heavy atom. The lowest BCUT2D eigenvalue weighted by Gasteiger charge is -2.34. The van der Waals surface area contributed by atoms with Crippen LogP contribution in [0.3, 0.4) is 0 Å². The Morgan fingerprint density at radius 2 is 2.00 bits per heavy atom. The van der Waals surface area contributed by atoms with Gasteiger partial charge in [-0.3, -0.25) is 4.79 Å². The van der Waals surface area contributed by atoms with Crippen LogP contribution in [-0.4, -0.2) is 48.9 Å². The summed E-state index contributed by atoms with van der Waals surface area (Å²) in [4.78, 5) is 16.9. The second-order valence-electron chi connectivity index (χ2n) is 7.62. The van der Waals surface area contributed by atoms with Gasteiger partial charge in [-0.1, -0.05) is 24.3 Å². The van der Waals surface area contributed by atoms with Gasteiger partial charge in [-0.25, -0.2) is 0 Å². The molecule has 0 aliphatic carbocycles. The number of carbonyl (C=O) groups excluding carboxylic acids is 1. The van der Waals surface area contributed by atoms with E-state index in [1.165, 1.54) is 29.9 Å². The number of rotatable bonds is 6. The maximum Gasteiger partial charge on any atom is 0.254 e. The lowest BCUT2D eigenvalue weighted by atomic mass is 9.96. The van der Waals surface area contributed by atoms with Crippen LogP contribution in [-0.2, 0) is 6.42 Å². The molecule has 2 aromatic rings. The molecule has 0 spiro atoms. The van der Waals surface area contributed by atoms with Gasteiger partial charge in [0.05, 0.1) is 5.56 Å². The van der Waals surface area contributed by atoms with Gasteiger partial charge in [0.1, 0.15) is 0 Å². The van der Waals surface area contributed by atoms with Crippen molar-refractivity contribution in [2.75, 3.05) is 33.2 Å². The Balaban J connectivity index is 1.51. The molecule has 0 radical (unpaired) electrons. The summed E-state index contributed by atoms with van der Waals surface area (Å²) in [5.41, 5.74) is 3.35. The van der Waals surface area contributed by atoms with Crippen molar-refractivity contribution in [3.05, 3.63) is 70.7 Å². The van der Waals surface area contributed by atoms with Crippen LogP contribution in [0, 0.1) is 18.0 Å². The smallest absolute Gasteiger partial charge is 0.254 e. The van der Waals surface area contributed by atoms with Gasteiger partial charge in [0.15, 0.2) is 12.4 Å². The number of pyridine rings is 1. The predicted octanol–water partition coefficient (Wildman–Crippen LogP) is 2.66. The van der Waals surface area contributed by atoms with Crippen LogP contribution < -0.4 is 4.73 Å². The average Bonchev–Trinajstić information content (AvgIpc) is 2.68. The highest BCUT2D eigenvalue weighted by atomic mass is 16.5. The fraction of sp³-hybridized carbons (Fsp3) is 0.455. The van der Waals surface area contributed by atoms with Crippen LogP contribution in [0.1, 0.15) is 34.3 Å². The molecule has 1 fully saturated rings. The van der Waals surface area contributed by atoms with Crippen molar-refractivity contribution in [3.8, 4) is 0 Å². The molecule has 1 saturated heterocycles. The van der Waals surface area contributed by atoms with Crippen LogP contribution in [0.25, 0.3) is 0 Å². The highest BCUT2D eigenvalue weighted by molar-refractivity contribution is 5.93. The number of nitrogens with zero attached hydrogens (tertiary/aromatic N) is 3. The van der Waals surface area contributed by atoms with Crippen LogP contribution in [0.2, 0.25) is 0 Å². The number of piperidine rings is 1. The zero-order valence-electron chi connectivity index (χ0n) is 16.3. The third-order valence-electron chi connectivity index (χ3n) is 5.49. The van der Waals surface area contributed by atoms with Crippen molar-refractivity contribution in [2.24, 2.45) is 5.92 Å². The normalized spacial score (nSPS) is 17.6. The maximum absolute atomic E-state index is 12.6. The van der Waals surface area contributed by atoms with Crippen LogP contribution in [0.5, 0.6) is 0 Å². The molecule has 1 aromatic heterocycles. The van der Waals surface area contributed by atoms with Gasteiger partial charge in [0.2, 0.25) is 0 Å². The molecular formula is C22H29N3O2. The van der Waals surface area contributed by atoms with E-state index in [1.54, 1.807) is 17.0 Å². The second kappa shape index (κ2) is 9.00. The van der Waals surface area contributed by atoms with E-state index < -0.39 is 0 Å². The highest BCUT2D eigenvalue weighted by Gasteiger charge is 2.23.